The fraction of sp³-hybridized carbons (Fsp3) is 0.750. The Morgan fingerprint density at radius 2 is 0.966 bits per heavy atom. The van der Waals surface area contributed by atoms with Crippen LogP contribution >= 0.6 is 33.2 Å². The average molecular weight is 480 g/mol. The van der Waals surface area contributed by atoms with Gasteiger partial charge in [0, 0.05) is 0 Å². The molecule has 1 aromatic rings. The van der Waals surface area contributed by atoms with E-state index in [0.29, 0.717) is 0 Å². The predicted molar refractivity (Wildman–Crippen MR) is 134 cm³/mol. The van der Waals surface area contributed by atoms with E-state index in [2.05, 4.69) is 6.92 Å². The minimum atomic E-state index is -2.77. The first-order valence-corrected chi connectivity index (χ1v) is 16.9. The van der Waals surface area contributed by atoms with Crippen molar-refractivity contribution in [1.29, 1.82) is 0 Å². The zero-order valence-corrected chi connectivity index (χ0v) is 21.6. The minimum absolute atomic E-state index is 0.767. The molecule has 168 valence electrons. The molecule has 0 unspecified atom stereocenters. The summed E-state index contributed by atoms with van der Waals surface area (Å²) in [5.41, 5.74) is 0. The topological polar surface area (TPSA) is 9.23 Å². The summed E-state index contributed by atoms with van der Waals surface area (Å²) in [4.78, 5) is 0. The van der Waals surface area contributed by atoms with Crippen LogP contribution in [0.3, 0.4) is 0 Å². The van der Waals surface area contributed by atoms with E-state index in [1.807, 2.05) is 24.3 Å². The molecule has 0 bridgehead atoms. The van der Waals surface area contributed by atoms with Crippen LogP contribution in [0.4, 0.5) is 0 Å². The second-order valence-electron chi connectivity index (χ2n) is 8.17. The van der Waals surface area contributed by atoms with Crippen molar-refractivity contribution in [2.75, 3.05) is 6.61 Å². The van der Waals surface area contributed by atoms with Crippen molar-refractivity contribution in [3.05, 3.63) is 24.3 Å². The maximum atomic E-state index is 5.99. The van der Waals surface area contributed by atoms with Gasteiger partial charge in [-0.15, -0.1) is 33.2 Å². The second kappa shape index (κ2) is 17.8. The summed E-state index contributed by atoms with van der Waals surface area (Å²) in [6.07, 6.45) is 22.1. The molecule has 0 aliphatic rings. The van der Waals surface area contributed by atoms with Crippen molar-refractivity contribution in [2.45, 2.75) is 110 Å². The number of rotatable bonds is 19. The van der Waals surface area contributed by atoms with Crippen molar-refractivity contribution in [2.24, 2.45) is 0 Å². The molecule has 5 heteroatoms. The molecule has 0 radical (unpaired) electrons. The molecule has 0 aromatic heterocycles. The summed E-state index contributed by atoms with van der Waals surface area (Å²) in [6, 6.07) is 4.75. The number of hydrogen-bond acceptors (Lipinski definition) is 1. The molecule has 1 nitrogen and oxygen atoms in total. The maximum absolute atomic E-state index is 5.99. The van der Waals surface area contributed by atoms with Crippen LogP contribution in [0.5, 0.6) is 5.75 Å². The zero-order valence-electron chi connectivity index (χ0n) is 18.4. The van der Waals surface area contributed by atoms with Gasteiger partial charge in [-0.1, -0.05) is 115 Å². The fourth-order valence-corrected chi connectivity index (χ4v) is 5.26. The van der Waals surface area contributed by atoms with Gasteiger partial charge in [-0.05, 0) is 23.7 Å². The van der Waals surface area contributed by atoms with Gasteiger partial charge in [-0.2, -0.15) is 0 Å². The number of hydrogen-bond donors (Lipinski definition) is 0. The Bertz CT molecular complexity index is 488. The smallest absolute Gasteiger partial charge is 0.372 e. The van der Waals surface area contributed by atoms with E-state index in [1.54, 1.807) is 0 Å². The lowest BCUT2D eigenvalue weighted by molar-refractivity contribution is 0.304. The Balaban J connectivity index is 1.82. The molecule has 0 saturated heterocycles. The Hall–Kier alpha value is 0.107. The molecule has 1 aromatic carbocycles. The summed E-state index contributed by atoms with van der Waals surface area (Å²) in [6.45, 7) is 3.05. The minimum Gasteiger partial charge on any atom is -0.494 e. The second-order valence-corrected chi connectivity index (χ2v) is 16.6. The number of halogens is 3. The quantitative estimate of drug-likeness (QED) is 0.109. The molecular weight excluding hydrogens is 439 g/mol. The monoisotopic (exact) mass is 478 g/mol. The van der Waals surface area contributed by atoms with Gasteiger partial charge in [0.2, 0.25) is 0 Å². The Morgan fingerprint density at radius 3 is 1.34 bits per heavy atom. The summed E-state index contributed by atoms with van der Waals surface area (Å²) in [5, 5.41) is 0.803. The summed E-state index contributed by atoms with van der Waals surface area (Å²) < 4.78 is 5.78. The average Bonchev–Trinajstić information content (AvgIpc) is 2.70. The molecule has 0 saturated carbocycles. The van der Waals surface area contributed by atoms with E-state index in [-0.39, 0.29) is 0 Å². The predicted octanol–water partition coefficient (Wildman–Crippen LogP) is 9.19. The van der Waals surface area contributed by atoms with E-state index in [1.165, 1.54) is 96.3 Å². The summed E-state index contributed by atoms with van der Waals surface area (Å²) in [5.74, 6) is 0.859. The first-order valence-electron chi connectivity index (χ1n) is 11.8. The Kier molecular flexibility index (Phi) is 16.6. The van der Waals surface area contributed by atoms with Crippen molar-refractivity contribution in [3.8, 4) is 5.75 Å². The third kappa shape index (κ3) is 15.5. The van der Waals surface area contributed by atoms with E-state index < -0.39 is 6.00 Å². The van der Waals surface area contributed by atoms with Gasteiger partial charge in [-0.25, -0.2) is 0 Å². The normalized spacial score (nSPS) is 11.7. The zero-order chi connectivity index (χ0) is 21.2. The van der Waals surface area contributed by atoms with Crippen molar-refractivity contribution in [3.63, 3.8) is 0 Å². The van der Waals surface area contributed by atoms with Gasteiger partial charge in [0.1, 0.15) is 5.75 Å². The molecule has 0 heterocycles. The SMILES string of the molecule is CCCCCCCCCCCCCCCCCCOc1ccc([Si](Cl)(Cl)Cl)cc1. The van der Waals surface area contributed by atoms with Crippen LogP contribution in [0.15, 0.2) is 24.3 Å². The highest BCUT2D eigenvalue weighted by Crippen LogP contribution is 2.21. The molecule has 0 aliphatic carbocycles. The number of ether oxygens (including phenoxy) is 1. The van der Waals surface area contributed by atoms with Gasteiger partial charge in [-0.3, -0.25) is 0 Å². The molecular formula is C24H41Cl3OSi. The lowest BCUT2D eigenvalue weighted by Gasteiger charge is -2.10. The molecule has 0 spiro atoms. The van der Waals surface area contributed by atoms with Gasteiger partial charge >= 0.3 is 6.00 Å². The largest absolute Gasteiger partial charge is 0.494 e. The van der Waals surface area contributed by atoms with E-state index in [0.717, 1.165) is 24.0 Å². The van der Waals surface area contributed by atoms with E-state index >= 15 is 0 Å². The van der Waals surface area contributed by atoms with Crippen LogP contribution < -0.4 is 9.92 Å². The lowest BCUT2D eigenvalue weighted by Crippen LogP contribution is -2.29. The highest BCUT2D eigenvalue weighted by molar-refractivity contribution is 7.69. The van der Waals surface area contributed by atoms with E-state index in [4.69, 9.17) is 38.0 Å². The van der Waals surface area contributed by atoms with Crippen LogP contribution in [0.1, 0.15) is 110 Å². The first kappa shape index (κ1) is 27.1. The Labute approximate surface area is 195 Å². The van der Waals surface area contributed by atoms with Gasteiger partial charge in [0.15, 0.2) is 0 Å². The maximum Gasteiger partial charge on any atom is 0.372 e. The molecule has 0 atom stereocenters. The highest BCUT2D eigenvalue weighted by Gasteiger charge is 2.27. The molecule has 0 N–H and O–H groups in total. The summed E-state index contributed by atoms with van der Waals surface area (Å²) >= 11 is 18.0. The van der Waals surface area contributed by atoms with Crippen LogP contribution in [-0.2, 0) is 0 Å². The standard InChI is InChI=1S/C24H41Cl3OSi/c1-2-3-4-5-6-7-8-9-10-11-12-13-14-15-16-17-22-28-23-18-20-24(21-19-23)29(25,26)27/h18-21H,2-17,22H2,1H3. The van der Waals surface area contributed by atoms with Crippen molar-refractivity contribution < 1.29 is 4.74 Å². The molecule has 0 fully saturated rings. The van der Waals surface area contributed by atoms with Gasteiger partial charge in [0.25, 0.3) is 0 Å². The first-order chi connectivity index (χ1) is 14.0. The molecule has 1 rings (SSSR count). The lowest BCUT2D eigenvalue weighted by atomic mass is 10.0. The van der Waals surface area contributed by atoms with Crippen LogP contribution in [0.25, 0.3) is 0 Å². The van der Waals surface area contributed by atoms with Crippen LogP contribution in [0, 0.1) is 0 Å². The molecule has 0 aliphatic heterocycles. The van der Waals surface area contributed by atoms with Crippen LogP contribution in [-0.4, -0.2) is 12.6 Å². The van der Waals surface area contributed by atoms with Crippen LogP contribution in [0.2, 0.25) is 0 Å². The summed E-state index contributed by atoms with van der Waals surface area (Å²) in [7, 11) is 0. The third-order valence-electron chi connectivity index (χ3n) is 5.45. The number of benzene rings is 1. The molecule has 29 heavy (non-hydrogen) atoms. The molecule has 0 amide bonds. The fourth-order valence-electron chi connectivity index (χ4n) is 3.58. The van der Waals surface area contributed by atoms with E-state index in [9.17, 15) is 0 Å². The van der Waals surface area contributed by atoms with Crippen molar-refractivity contribution in [1.82, 2.24) is 0 Å². The Morgan fingerprint density at radius 1 is 0.586 bits per heavy atom. The third-order valence-corrected chi connectivity index (χ3v) is 8.40. The number of unbranched alkanes of at least 4 members (excludes halogenated alkanes) is 15. The highest BCUT2D eigenvalue weighted by atomic mass is 35.8. The van der Waals surface area contributed by atoms with Gasteiger partial charge in [0.05, 0.1) is 6.61 Å². The van der Waals surface area contributed by atoms with Crippen molar-refractivity contribution >= 4 is 44.4 Å². The van der Waals surface area contributed by atoms with Gasteiger partial charge < -0.3 is 4.74 Å².